The number of fused-ring (bicyclic) bond motifs is 1. The molecule has 6 nitrogen and oxygen atoms in total. The number of aromatic nitrogens is 1. The standard InChI is InChI=1S/C23H20N2O4S/c1-14-18-21(30-19(14)17-11-7-4-8-12-17)25-20(29-22(18)26)15(2)24-23(27)28-13-16-9-5-3-6-10-16/h3-12,15H,13H2,1-2H3,(H,24,27)/t15-/m0/s1. The molecule has 0 aliphatic heterocycles. The smallest absolute Gasteiger partial charge is 0.408 e. The average Bonchev–Trinajstić information content (AvgIpc) is 3.10. The molecule has 30 heavy (non-hydrogen) atoms. The molecule has 0 bridgehead atoms. The molecule has 0 saturated heterocycles. The Hall–Kier alpha value is -3.45. The summed E-state index contributed by atoms with van der Waals surface area (Å²) in [5.41, 5.74) is 2.29. The maximum Gasteiger partial charge on any atom is 0.408 e. The number of carbonyl (C=O) groups excluding carboxylic acids is 1. The van der Waals surface area contributed by atoms with Crippen LogP contribution in [-0.4, -0.2) is 11.1 Å². The second-order valence-corrected chi connectivity index (χ2v) is 7.87. The van der Waals surface area contributed by atoms with E-state index < -0.39 is 17.8 Å². The minimum absolute atomic E-state index is 0.144. The van der Waals surface area contributed by atoms with Gasteiger partial charge in [-0.1, -0.05) is 60.7 Å². The molecule has 0 fully saturated rings. The van der Waals surface area contributed by atoms with Gasteiger partial charge in [-0.05, 0) is 30.5 Å². The first-order valence-electron chi connectivity index (χ1n) is 9.49. The summed E-state index contributed by atoms with van der Waals surface area (Å²) < 4.78 is 10.6. The minimum atomic E-state index is -0.618. The number of nitrogens with one attached hydrogen (secondary N) is 1. The molecule has 1 amide bonds. The number of amides is 1. The molecule has 1 atom stereocenters. The summed E-state index contributed by atoms with van der Waals surface area (Å²) >= 11 is 1.43. The van der Waals surface area contributed by atoms with Crippen LogP contribution in [0.2, 0.25) is 0 Å². The highest BCUT2D eigenvalue weighted by atomic mass is 32.1. The van der Waals surface area contributed by atoms with Crippen LogP contribution >= 0.6 is 11.3 Å². The van der Waals surface area contributed by atoms with Gasteiger partial charge in [0.05, 0.1) is 0 Å². The maximum atomic E-state index is 12.6. The Morgan fingerprint density at radius 1 is 1.13 bits per heavy atom. The van der Waals surface area contributed by atoms with Crippen LogP contribution in [0.1, 0.15) is 30.0 Å². The van der Waals surface area contributed by atoms with E-state index in [0.29, 0.717) is 10.2 Å². The zero-order valence-electron chi connectivity index (χ0n) is 16.5. The third-order valence-electron chi connectivity index (χ3n) is 4.69. The van der Waals surface area contributed by atoms with E-state index in [4.69, 9.17) is 9.15 Å². The molecule has 4 aromatic rings. The normalized spacial score (nSPS) is 11.9. The monoisotopic (exact) mass is 420 g/mol. The van der Waals surface area contributed by atoms with Crippen molar-refractivity contribution in [3.8, 4) is 10.4 Å². The van der Waals surface area contributed by atoms with E-state index in [0.717, 1.165) is 21.6 Å². The van der Waals surface area contributed by atoms with Crippen molar-refractivity contribution in [2.75, 3.05) is 0 Å². The van der Waals surface area contributed by atoms with Crippen LogP contribution < -0.4 is 10.9 Å². The van der Waals surface area contributed by atoms with E-state index in [2.05, 4.69) is 10.3 Å². The molecule has 0 spiro atoms. The lowest BCUT2D eigenvalue weighted by atomic mass is 10.1. The number of rotatable bonds is 5. The molecule has 0 aliphatic carbocycles. The molecule has 2 heterocycles. The van der Waals surface area contributed by atoms with Crippen molar-refractivity contribution in [3.05, 3.63) is 88.1 Å². The quantitative estimate of drug-likeness (QED) is 0.479. The van der Waals surface area contributed by atoms with Gasteiger partial charge in [0.2, 0.25) is 5.89 Å². The van der Waals surface area contributed by atoms with Crippen molar-refractivity contribution in [2.45, 2.75) is 26.5 Å². The molecule has 4 rings (SSSR count). The van der Waals surface area contributed by atoms with Crippen molar-refractivity contribution >= 4 is 27.6 Å². The zero-order chi connectivity index (χ0) is 21.1. The van der Waals surface area contributed by atoms with Crippen LogP contribution in [0.25, 0.3) is 20.7 Å². The van der Waals surface area contributed by atoms with Crippen LogP contribution in [-0.2, 0) is 11.3 Å². The van der Waals surface area contributed by atoms with Crippen LogP contribution in [0, 0.1) is 6.92 Å². The highest BCUT2D eigenvalue weighted by Crippen LogP contribution is 2.36. The van der Waals surface area contributed by atoms with Gasteiger partial charge < -0.3 is 14.5 Å². The number of carbonyl (C=O) groups is 1. The Labute approximate surface area is 177 Å². The zero-order valence-corrected chi connectivity index (χ0v) is 17.4. The lowest BCUT2D eigenvalue weighted by Gasteiger charge is -2.12. The molecule has 0 saturated carbocycles. The van der Waals surface area contributed by atoms with Gasteiger partial charge in [-0.15, -0.1) is 11.3 Å². The Kier molecular flexibility index (Phi) is 5.63. The largest absolute Gasteiger partial charge is 0.445 e. The molecule has 1 N–H and O–H groups in total. The van der Waals surface area contributed by atoms with Gasteiger partial charge in [0.1, 0.15) is 22.9 Å². The maximum absolute atomic E-state index is 12.6. The fourth-order valence-electron chi connectivity index (χ4n) is 3.14. The number of thiophene rings is 1. The topological polar surface area (TPSA) is 81.4 Å². The van der Waals surface area contributed by atoms with Crippen LogP contribution in [0.4, 0.5) is 4.79 Å². The first-order chi connectivity index (χ1) is 14.5. The van der Waals surface area contributed by atoms with E-state index in [-0.39, 0.29) is 12.5 Å². The molecule has 0 radical (unpaired) electrons. The van der Waals surface area contributed by atoms with Crippen molar-refractivity contribution in [1.29, 1.82) is 0 Å². The highest BCUT2D eigenvalue weighted by molar-refractivity contribution is 7.22. The number of benzene rings is 2. The fourth-order valence-corrected chi connectivity index (χ4v) is 4.32. The molecular weight excluding hydrogens is 400 g/mol. The summed E-state index contributed by atoms with van der Waals surface area (Å²) in [4.78, 5) is 30.8. The van der Waals surface area contributed by atoms with Gasteiger partial charge >= 0.3 is 11.7 Å². The first kappa shape index (κ1) is 19.8. The summed E-state index contributed by atoms with van der Waals surface area (Å²) in [5, 5.41) is 3.13. The Bertz CT molecular complexity index is 1230. The second-order valence-electron chi connectivity index (χ2n) is 6.87. The summed E-state index contributed by atoms with van der Waals surface area (Å²) in [6, 6.07) is 18.6. The van der Waals surface area contributed by atoms with Gasteiger partial charge in [-0.3, -0.25) is 0 Å². The third kappa shape index (κ3) is 4.11. The SMILES string of the molecule is Cc1c(-c2ccccc2)sc2nc([C@H](C)NC(=O)OCc3ccccc3)oc(=O)c12. The van der Waals surface area contributed by atoms with Gasteiger partial charge in [0.25, 0.3) is 0 Å². The summed E-state index contributed by atoms with van der Waals surface area (Å²) in [5.74, 6) is 0.144. The lowest BCUT2D eigenvalue weighted by molar-refractivity contribution is 0.134. The first-order valence-corrected chi connectivity index (χ1v) is 10.3. The number of ether oxygens (including phenoxy) is 1. The lowest BCUT2D eigenvalue weighted by Crippen LogP contribution is -2.28. The van der Waals surface area contributed by atoms with Crippen molar-refractivity contribution in [1.82, 2.24) is 10.3 Å². The minimum Gasteiger partial charge on any atom is -0.445 e. The number of hydrogen-bond acceptors (Lipinski definition) is 6. The van der Waals surface area contributed by atoms with Crippen LogP contribution in [0.15, 0.2) is 69.9 Å². The van der Waals surface area contributed by atoms with E-state index in [1.54, 1.807) is 6.92 Å². The predicted octanol–water partition coefficient (Wildman–Crippen LogP) is 5.21. The van der Waals surface area contributed by atoms with Crippen molar-refractivity contribution in [2.24, 2.45) is 0 Å². The molecule has 2 aromatic heterocycles. The van der Waals surface area contributed by atoms with E-state index in [1.807, 2.05) is 67.6 Å². The summed E-state index contributed by atoms with van der Waals surface area (Å²) in [7, 11) is 0. The summed E-state index contributed by atoms with van der Waals surface area (Å²) in [6.07, 6.45) is -0.608. The Morgan fingerprint density at radius 2 is 1.80 bits per heavy atom. The third-order valence-corrected chi connectivity index (χ3v) is 5.93. The number of alkyl carbamates (subject to hydrolysis) is 1. The molecule has 7 heteroatoms. The average molecular weight is 420 g/mol. The predicted molar refractivity (Wildman–Crippen MR) is 117 cm³/mol. The number of aryl methyl sites for hydroxylation is 1. The highest BCUT2D eigenvalue weighted by Gasteiger charge is 2.20. The van der Waals surface area contributed by atoms with Gasteiger partial charge in [0.15, 0.2) is 0 Å². The van der Waals surface area contributed by atoms with E-state index in [9.17, 15) is 9.59 Å². The Morgan fingerprint density at radius 3 is 2.50 bits per heavy atom. The van der Waals surface area contributed by atoms with Crippen molar-refractivity contribution < 1.29 is 13.9 Å². The van der Waals surface area contributed by atoms with Gasteiger partial charge in [-0.25, -0.2) is 14.6 Å². The Balaban J connectivity index is 1.54. The summed E-state index contributed by atoms with van der Waals surface area (Å²) in [6.45, 7) is 3.74. The molecule has 2 aromatic carbocycles. The number of hydrogen-bond donors (Lipinski definition) is 1. The fraction of sp³-hybridized carbons (Fsp3) is 0.174. The van der Waals surface area contributed by atoms with Gasteiger partial charge in [-0.2, -0.15) is 0 Å². The molecule has 152 valence electrons. The van der Waals surface area contributed by atoms with Crippen LogP contribution in [0.3, 0.4) is 0 Å². The molecule has 0 unspecified atom stereocenters. The molecule has 0 aliphatic rings. The molecular formula is C23H20N2O4S. The van der Waals surface area contributed by atoms with E-state index >= 15 is 0 Å². The second kappa shape index (κ2) is 8.51. The van der Waals surface area contributed by atoms with Gasteiger partial charge in [0, 0.05) is 4.88 Å². The van der Waals surface area contributed by atoms with Crippen molar-refractivity contribution in [3.63, 3.8) is 0 Å². The van der Waals surface area contributed by atoms with E-state index in [1.165, 1.54) is 11.3 Å². The van der Waals surface area contributed by atoms with Crippen LogP contribution in [0.5, 0.6) is 0 Å². The number of nitrogens with zero attached hydrogens (tertiary/aromatic N) is 1.